The van der Waals surface area contributed by atoms with E-state index in [1.165, 1.54) is 5.56 Å². The number of nitrogens with zero attached hydrogens (tertiary/aromatic N) is 5. The maximum absolute atomic E-state index is 10.8. The topological polar surface area (TPSA) is 113 Å². The summed E-state index contributed by atoms with van der Waals surface area (Å²) in [4.78, 5) is 29.3. The molecule has 152 valence electrons. The minimum Gasteiger partial charge on any atom is -0.465 e. The molecular formula is C19H22N6O4. The lowest BCUT2D eigenvalue weighted by atomic mass is 10.1. The first-order chi connectivity index (χ1) is 14.2. The van der Waals surface area contributed by atoms with Crippen LogP contribution < -0.4 is 15.1 Å². The lowest BCUT2D eigenvalue weighted by molar-refractivity contribution is 0.0973. The average molecular weight is 398 g/mol. The van der Waals surface area contributed by atoms with Crippen LogP contribution in [0.25, 0.3) is 11.4 Å². The van der Waals surface area contributed by atoms with Crippen molar-refractivity contribution in [3.63, 3.8) is 0 Å². The van der Waals surface area contributed by atoms with Crippen LogP contribution in [0.5, 0.6) is 0 Å². The van der Waals surface area contributed by atoms with Crippen molar-refractivity contribution < 1.29 is 19.4 Å². The number of carbonyl (C=O) groups is 1. The van der Waals surface area contributed by atoms with Crippen molar-refractivity contribution >= 4 is 23.5 Å². The smallest absolute Gasteiger partial charge is 0.410 e. The summed E-state index contributed by atoms with van der Waals surface area (Å²) in [6, 6.07) is 3.70. The monoisotopic (exact) mass is 398 g/mol. The Morgan fingerprint density at radius 3 is 2.66 bits per heavy atom. The van der Waals surface area contributed by atoms with E-state index in [1.807, 2.05) is 0 Å². The fourth-order valence-electron chi connectivity index (χ4n) is 4.09. The molecule has 5 rings (SSSR count). The zero-order valence-corrected chi connectivity index (χ0v) is 15.9. The molecule has 3 aliphatic rings. The van der Waals surface area contributed by atoms with Crippen LogP contribution in [-0.4, -0.2) is 78.3 Å². The number of pyridine rings is 1. The van der Waals surface area contributed by atoms with E-state index in [1.54, 1.807) is 18.3 Å². The predicted octanol–water partition coefficient (Wildman–Crippen LogP) is 1.23. The summed E-state index contributed by atoms with van der Waals surface area (Å²) in [5, 5.41) is 11.1. The zero-order chi connectivity index (χ0) is 19.8. The number of ether oxygens (including phenoxy) is 2. The molecule has 10 nitrogen and oxygen atoms in total. The van der Waals surface area contributed by atoms with Crippen molar-refractivity contribution in [2.24, 2.45) is 0 Å². The van der Waals surface area contributed by atoms with Gasteiger partial charge in [-0.2, -0.15) is 0 Å². The van der Waals surface area contributed by atoms with Crippen LogP contribution in [0.1, 0.15) is 5.56 Å². The van der Waals surface area contributed by atoms with E-state index >= 15 is 0 Å². The highest BCUT2D eigenvalue weighted by molar-refractivity contribution is 5.81. The van der Waals surface area contributed by atoms with Crippen LogP contribution in [0.3, 0.4) is 0 Å². The second-order valence-electron chi connectivity index (χ2n) is 7.26. The summed E-state index contributed by atoms with van der Waals surface area (Å²) >= 11 is 0. The molecule has 2 aromatic rings. The van der Waals surface area contributed by atoms with Crippen LogP contribution in [0.15, 0.2) is 18.3 Å². The molecule has 29 heavy (non-hydrogen) atoms. The van der Waals surface area contributed by atoms with E-state index < -0.39 is 6.09 Å². The van der Waals surface area contributed by atoms with Crippen molar-refractivity contribution in [2.45, 2.75) is 12.5 Å². The van der Waals surface area contributed by atoms with Crippen molar-refractivity contribution in [1.82, 2.24) is 15.0 Å². The lowest BCUT2D eigenvalue weighted by Gasteiger charge is -2.31. The maximum Gasteiger partial charge on any atom is 0.410 e. The molecule has 0 bridgehead atoms. The van der Waals surface area contributed by atoms with Crippen molar-refractivity contribution in [1.29, 1.82) is 0 Å². The molecule has 2 aromatic heterocycles. The Kier molecular flexibility index (Phi) is 4.64. The first-order valence-electron chi connectivity index (χ1n) is 9.73. The molecule has 10 heteroatoms. The highest BCUT2D eigenvalue weighted by atomic mass is 16.5. The summed E-state index contributed by atoms with van der Waals surface area (Å²) in [6.45, 7) is 5.16. The van der Waals surface area contributed by atoms with Gasteiger partial charge in [0.25, 0.3) is 0 Å². The number of aromatic nitrogens is 3. The average Bonchev–Trinajstić information content (AvgIpc) is 3.12. The minimum absolute atomic E-state index is 0.268. The van der Waals surface area contributed by atoms with Crippen LogP contribution in [0.4, 0.5) is 22.2 Å². The zero-order valence-electron chi connectivity index (χ0n) is 15.9. The number of hydrogen-bond acceptors (Lipinski definition) is 8. The van der Waals surface area contributed by atoms with E-state index in [9.17, 15) is 4.79 Å². The van der Waals surface area contributed by atoms with Gasteiger partial charge >= 0.3 is 6.09 Å². The molecule has 0 aliphatic carbocycles. The largest absolute Gasteiger partial charge is 0.465 e. The number of morpholine rings is 2. The molecule has 3 aliphatic heterocycles. The summed E-state index contributed by atoms with van der Waals surface area (Å²) in [7, 11) is 0. The number of anilines is 3. The van der Waals surface area contributed by atoms with Gasteiger partial charge in [-0.25, -0.2) is 19.7 Å². The van der Waals surface area contributed by atoms with Gasteiger partial charge in [-0.1, -0.05) is 0 Å². The Labute approximate surface area is 167 Å². The molecule has 2 saturated heterocycles. The third kappa shape index (κ3) is 3.45. The summed E-state index contributed by atoms with van der Waals surface area (Å²) in [5.74, 6) is 2.78. The van der Waals surface area contributed by atoms with E-state index in [0.29, 0.717) is 38.3 Å². The van der Waals surface area contributed by atoms with Gasteiger partial charge in [-0.05, 0) is 12.1 Å². The summed E-state index contributed by atoms with van der Waals surface area (Å²) in [6.07, 6.45) is 1.33. The Hall–Kier alpha value is -2.98. The lowest BCUT2D eigenvalue weighted by Crippen LogP contribution is -2.43. The molecule has 0 saturated carbocycles. The normalized spacial score (nSPS) is 20.9. The van der Waals surface area contributed by atoms with Crippen molar-refractivity contribution in [3.8, 4) is 11.4 Å². The standard InChI is InChI=1S/C19H22N6O4/c26-19(27)21-15-2-1-12(10-20-15)16-22-17(24-3-6-28-7-4-24)14-9-13-11-29-8-5-25(13)18(14)23-16/h1-2,10,13H,3-9,11H2,(H,20,21)(H,26,27)/t13-/m0/s1. The number of nitrogens with one attached hydrogen (secondary N) is 1. The van der Waals surface area contributed by atoms with Gasteiger partial charge in [-0.15, -0.1) is 0 Å². The highest BCUT2D eigenvalue weighted by Gasteiger charge is 2.37. The number of fused-ring (bicyclic) bond motifs is 3. The Morgan fingerprint density at radius 1 is 1.10 bits per heavy atom. The molecule has 1 amide bonds. The number of hydrogen-bond donors (Lipinski definition) is 2. The number of amides is 1. The van der Waals surface area contributed by atoms with Crippen LogP contribution in [-0.2, 0) is 15.9 Å². The number of rotatable bonds is 3. The number of carboxylic acid groups (broad SMARTS) is 1. The van der Waals surface area contributed by atoms with E-state index in [2.05, 4.69) is 20.1 Å². The van der Waals surface area contributed by atoms with Gasteiger partial charge in [0.2, 0.25) is 0 Å². The molecule has 0 radical (unpaired) electrons. The summed E-state index contributed by atoms with van der Waals surface area (Å²) in [5.41, 5.74) is 1.92. The van der Waals surface area contributed by atoms with Gasteiger partial charge in [0.15, 0.2) is 5.82 Å². The second-order valence-corrected chi connectivity index (χ2v) is 7.26. The molecular weight excluding hydrogens is 376 g/mol. The van der Waals surface area contributed by atoms with Crippen molar-refractivity contribution in [2.75, 3.05) is 61.2 Å². The van der Waals surface area contributed by atoms with Gasteiger partial charge in [0, 0.05) is 43.4 Å². The van der Waals surface area contributed by atoms with Gasteiger partial charge < -0.3 is 24.4 Å². The molecule has 2 fully saturated rings. The van der Waals surface area contributed by atoms with Gasteiger partial charge in [0.05, 0.1) is 32.5 Å². The summed E-state index contributed by atoms with van der Waals surface area (Å²) < 4.78 is 11.2. The van der Waals surface area contributed by atoms with Crippen LogP contribution in [0, 0.1) is 0 Å². The van der Waals surface area contributed by atoms with E-state index in [0.717, 1.165) is 43.3 Å². The van der Waals surface area contributed by atoms with Gasteiger partial charge in [-0.3, -0.25) is 5.32 Å². The molecule has 0 aromatic carbocycles. The molecule has 1 atom stereocenters. The van der Waals surface area contributed by atoms with Crippen LogP contribution in [0.2, 0.25) is 0 Å². The Morgan fingerprint density at radius 2 is 1.90 bits per heavy atom. The third-order valence-electron chi connectivity index (χ3n) is 5.47. The molecule has 0 unspecified atom stereocenters. The van der Waals surface area contributed by atoms with E-state index in [-0.39, 0.29) is 5.82 Å². The highest BCUT2D eigenvalue weighted by Crippen LogP contribution is 2.39. The maximum atomic E-state index is 10.8. The third-order valence-corrected chi connectivity index (χ3v) is 5.47. The van der Waals surface area contributed by atoms with E-state index in [4.69, 9.17) is 24.5 Å². The fraction of sp³-hybridized carbons (Fsp3) is 0.474. The molecule has 5 heterocycles. The first kappa shape index (κ1) is 18.1. The Balaban J connectivity index is 1.55. The molecule has 2 N–H and O–H groups in total. The minimum atomic E-state index is -1.15. The van der Waals surface area contributed by atoms with Crippen LogP contribution >= 0.6 is 0 Å². The van der Waals surface area contributed by atoms with Crippen molar-refractivity contribution in [3.05, 3.63) is 23.9 Å². The molecule has 0 spiro atoms. The van der Waals surface area contributed by atoms with Gasteiger partial charge in [0.1, 0.15) is 17.5 Å². The fourth-order valence-corrected chi connectivity index (χ4v) is 4.09. The predicted molar refractivity (Wildman–Crippen MR) is 106 cm³/mol. The second kappa shape index (κ2) is 7.45. The quantitative estimate of drug-likeness (QED) is 0.788. The first-order valence-corrected chi connectivity index (χ1v) is 9.73. The SMILES string of the molecule is O=C(O)Nc1ccc(-c2nc(N3CCOCC3)c3c(n2)N2CCOC[C@@H]2C3)cn1. The Bertz CT molecular complexity index is 916.